The molecule has 2 fully saturated rings. The van der Waals surface area contributed by atoms with Gasteiger partial charge in [-0.3, -0.25) is 9.59 Å². The number of aromatic amines is 1. The SMILES string of the molecule is CCc1cnc(N2CC3(CCOCC3)C2)c(C(=O)Nc2ccc(C(=O)N3CCc4cc(-c5nc6ccccc6[nH]5)sc4-c4ccccc43)cc2)c1. The van der Waals surface area contributed by atoms with Gasteiger partial charge in [0, 0.05) is 66.2 Å². The quantitative estimate of drug-likeness (QED) is 0.183. The van der Waals surface area contributed by atoms with Crippen LogP contribution in [0.25, 0.3) is 32.2 Å². The number of pyridine rings is 1. The molecule has 9 nitrogen and oxygen atoms in total. The summed E-state index contributed by atoms with van der Waals surface area (Å²) in [4.78, 5) is 47.2. The van der Waals surface area contributed by atoms with Crippen LogP contribution in [0.2, 0.25) is 0 Å². The molecule has 0 saturated carbocycles. The van der Waals surface area contributed by atoms with Gasteiger partial charge in [-0.15, -0.1) is 11.3 Å². The molecule has 3 aliphatic rings. The third kappa shape index (κ3) is 5.78. The van der Waals surface area contributed by atoms with E-state index in [-0.39, 0.29) is 17.2 Å². The zero-order valence-electron chi connectivity index (χ0n) is 28.4. The number of fused-ring (bicyclic) bond motifs is 4. The molecule has 6 aromatic rings. The molecule has 3 aromatic heterocycles. The number of hydrogen-bond donors (Lipinski definition) is 2. The highest BCUT2D eigenvalue weighted by Gasteiger charge is 2.45. The molecule has 2 saturated heterocycles. The number of thiophene rings is 1. The molecule has 3 aliphatic heterocycles. The van der Waals surface area contributed by atoms with Crippen LogP contribution >= 0.6 is 11.3 Å². The second-order valence-corrected chi connectivity index (χ2v) is 14.9. The van der Waals surface area contributed by atoms with Crippen LogP contribution in [-0.2, 0) is 17.6 Å². The highest BCUT2D eigenvalue weighted by atomic mass is 32.1. The number of aryl methyl sites for hydroxylation is 1. The number of anilines is 3. The van der Waals surface area contributed by atoms with Gasteiger partial charge in [0.25, 0.3) is 11.8 Å². The van der Waals surface area contributed by atoms with E-state index < -0.39 is 0 Å². The van der Waals surface area contributed by atoms with Gasteiger partial charge in [-0.25, -0.2) is 9.97 Å². The van der Waals surface area contributed by atoms with E-state index in [1.165, 1.54) is 5.56 Å². The average Bonchev–Trinajstić information content (AvgIpc) is 3.76. The van der Waals surface area contributed by atoms with Crippen molar-refractivity contribution in [2.75, 3.05) is 48.0 Å². The van der Waals surface area contributed by atoms with Crippen molar-refractivity contribution in [3.63, 3.8) is 0 Å². The molecule has 1 spiro atoms. The van der Waals surface area contributed by atoms with Crippen molar-refractivity contribution in [3.8, 4) is 21.1 Å². The Balaban J connectivity index is 0.930. The molecule has 2 N–H and O–H groups in total. The van der Waals surface area contributed by atoms with Crippen LogP contribution in [0.15, 0.2) is 91.1 Å². The van der Waals surface area contributed by atoms with E-state index in [0.29, 0.717) is 23.4 Å². The minimum absolute atomic E-state index is 0.0741. The van der Waals surface area contributed by atoms with Crippen molar-refractivity contribution in [3.05, 3.63) is 113 Å². The Bertz CT molecular complexity index is 2250. The number of para-hydroxylation sites is 3. The normalized spacial score (nSPS) is 16.3. The topological polar surface area (TPSA) is 103 Å². The lowest BCUT2D eigenvalue weighted by molar-refractivity contribution is -0.000510. The van der Waals surface area contributed by atoms with Crippen LogP contribution in [0.1, 0.15) is 51.6 Å². The predicted octanol–water partition coefficient (Wildman–Crippen LogP) is 7.99. The van der Waals surface area contributed by atoms with E-state index in [2.05, 4.69) is 34.3 Å². The number of carbonyl (C=O) groups excluding carboxylic acids is 2. The largest absolute Gasteiger partial charge is 0.381 e. The summed E-state index contributed by atoms with van der Waals surface area (Å²) in [6.45, 7) is 5.99. The molecule has 0 unspecified atom stereocenters. The lowest BCUT2D eigenvalue weighted by Gasteiger charge is -2.53. The molecule has 0 aliphatic carbocycles. The number of carbonyl (C=O) groups is 2. The van der Waals surface area contributed by atoms with Crippen LogP contribution in [0.3, 0.4) is 0 Å². The van der Waals surface area contributed by atoms with E-state index in [1.54, 1.807) is 23.5 Å². The number of aromatic nitrogens is 3. The summed E-state index contributed by atoms with van der Waals surface area (Å²) in [6, 6.07) is 27.6. The van der Waals surface area contributed by atoms with E-state index in [9.17, 15) is 9.59 Å². The first-order valence-corrected chi connectivity index (χ1v) is 18.5. The molecule has 2 amide bonds. The Morgan fingerprint density at radius 3 is 2.57 bits per heavy atom. The van der Waals surface area contributed by atoms with Crippen molar-refractivity contribution in [2.24, 2.45) is 5.41 Å². The summed E-state index contributed by atoms with van der Waals surface area (Å²) < 4.78 is 5.59. The van der Waals surface area contributed by atoms with Crippen LogP contribution in [-0.4, -0.2) is 59.6 Å². The molecule has 256 valence electrons. The number of nitrogens with zero attached hydrogens (tertiary/aromatic N) is 4. The minimum atomic E-state index is -0.200. The molecule has 0 radical (unpaired) electrons. The molecular formula is C41H38N6O3S. The Labute approximate surface area is 300 Å². The van der Waals surface area contributed by atoms with E-state index in [4.69, 9.17) is 14.7 Å². The maximum atomic E-state index is 14.1. The molecule has 51 heavy (non-hydrogen) atoms. The fourth-order valence-electron chi connectivity index (χ4n) is 7.69. The van der Waals surface area contributed by atoms with Crippen LogP contribution in [0.4, 0.5) is 17.2 Å². The van der Waals surface area contributed by atoms with Crippen LogP contribution < -0.4 is 15.1 Å². The maximum Gasteiger partial charge on any atom is 0.259 e. The lowest BCUT2D eigenvalue weighted by Crippen LogP contribution is -2.59. The van der Waals surface area contributed by atoms with Gasteiger partial charge in [0.05, 0.1) is 27.2 Å². The van der Waals surface area contributed by atoms with Gasteiger partial charge in [0.15, 0.2) is 0 Å². The average molecular weight is 695 g/mol. The summed E-state index contributed by atoms with van der Waals surface area (Å²) in [6.07, 6.45) is 5.49. The molecule has 10 heteroatoms. The summed E-state index contributed by atoms with van der Waals surface area (Å²) >= 11 is 1.71. The number of benzene rings is 3. The number of nitrogens with one attached hydrogen (secondary N) is 2. The third-order valence-corrected chi connectivity index (χ3v) is 11.8. The van der Waals surface area contributed by atoms with Gasteiger partial charge < -0.3 is 24.8 Å². The van der Waals surface area contributed by atoms with Crippen LogP contribution in [0, 0.1) is 5.41 Å². The van der Waals surface area contributed by atoms with Gasteiger partial charge in [0.1, 0.15) is 11.6 Å². The van der Waals surface area contributed by atoms with Gasteiger partial charge in [0.2, 0.25) is 0 Å². The monoisotopic (exact) mass is 694 g/mol. The Morgan fingerprint density at radius 2 is 1.76 bits per heavy atom. The second-order valence-electron chi connectivity index (χ2n) is 13.9. The van der Waals surface area contributed by atoms with E-state index >= 15 is 0 Å². The molecular weight excluding hydrogens is 657 g/mol. The van der Waals surface area contributed by atoms with Crippen molar-refractivity contribution < 1.29 is 14.3 Å². The standard InChI is InChI=1S/C41H38N6O3S/c1-2-26-21-31(38(42-23-26)46-24-41(25-46)16-19-50-20-17-41)39(48)43-29-13-11-27(12-14-29)40(49)47-18-15-28-22-35(37-44-32-8-4-5-9-33(32)45-37)51-36(28)30-7-3-6-10-34(30)47/h3-14,21-23H,2,15-20,24-25H2,1H3,(H,43,48)(H,44,45). The molecule has 3 aromatic carbocycles. The zero-order valence-corrected chi connectivity index (χ0v) is 29.3. The van der Waals surface area contributed by atoms with Gasteiger partial charge in [-0.1, -0.05) is 37.3 Å². The van der Waals surface area contributed by atoms with Crippen molar-refractivity contribution in [1.29, 1.82) is 0 Å². The first kappa shape index (κ1) is 31.6. The van der Waals surface area contributed by atoms with Crippen molar-refractivity contribution in [2.45, 2.75) is 32.6 Å². The first-order valence-electron chi connectivity index (χ1n) is 17.7. The smallest absolute Gasteiger partial charge is 0.259 e. The highest BCUT2D eigenvalue weighted by Crippen LogP contribution is 2.45. The van der Waals surface area contributed by atoms with Gasteiger partial charge >= 0.3 is 0 Å². The van der Waals surface area contributed by atoms with Crippen molar-refractivity contribution in [1.82, 2.24) is 15.0 Å². The number of amides is 2. The number of hydrogen-bond acceptors (Lipinski definition) is 7. The predicted molar refractivity (Wildman–Crippen MR) is 203 cm³/mol. The second kappa shape index (κ2) is 12.8. The fraction of sp³-hybridized carbons (Fsp3) is 0.268. The summed E-state index contributed by atoms with van der Waals surface area (Å²) in [5, 5.41) is 3.07. The van der Waals surface area contributed by atoms with Crippen molar-refractivity contribution >= 4 is 51.4 Å². The van der Waals surface area contributed by atoms with Gasteiger partial charge in [-0.05, 0) is 91.4 Å². The number of H-pyrrole nitrogens is 1. The third-order valence-electron chi connectivity index (χ3n) is 10.6. The summed E-state index contributed by atoms with van der Waals surface area (Å²) in [7, 11) is 0. The van der Waals surface area contributed by atoms with E-state index in [0.717, 1.165) is 101 Å². The molecule has 0 bridgehead atoms. The highest BCUT2D eigenvalue weighted by molar-refractivity contribution is 7.19. The Hall–Kier alpha value is -5.32. The summed E-state index contributed by atoms with van der Waals surface area (Å²) in [5.41, 5.74) is 8.15. The number of ether oxygens (including phenoxy) is 1. The molecule has 9 rings (SSSR count). The van der Waals surface area contributed by atoms with Gasteiger partial charge in [-0.2, -0.15) is 0 Å². The fourth-order valence-corrected chi connectivity index (χ4v) is 8.88. The van der Waals surface area contributed by atoms with E-state index in [1.807, 2.05) is 71.8 Å². The lowest BCUT2D eigenvalue weighted by atomic mass is 9.73. The number of rotatable bonds is 6. The summed E-state index contributed by atoms with van der Waals surface area (Å²) in [5.74, 6) is 1.32. The molecule has 6 heterocycles. The molecule has 0 atom stereocenters. The number of imidazole rings is 1. The van der Waals surface area contributed by atoms with Crippen LogP contribution in [0.5, 0.6) is 0 Å². The Kier molecular flexibility index (Phi) is 7.93. The maximum absolute atomic E-state index is 14.1. The minimum Gasteiger partial charge on any atom is -0.381 e. The zero-order chi connectivity index (χ0) is 34.5. The first-order chi connectivity index (χ1) is 25.0. The Morgan fingerprint density at radius 1 is 0.980 bits per heavy atom.